The lowest BCUT2D eigenvalue weighted by atomic mass is 10.00. The summed E-state index contributed by atoms with van der Waals surface area (Å²) in [5.74, 6) is -0.319. The third-order valence-electron chi connectivity index (χ3n) is 5.74. The Morgan fingerprint density at radius 1 is 0.781 bits per heavy atom. The third-order valence-corrected chi connectivity index (χ3v) is 7.26. The molecule has 3 aromatic carbocycles. The summed E-state index contributed by atoms with van der Waals surface area (Å²) in [5, 5.41) is 2.98. The molecule has 0 fully saturated rings. The molecule has 1 amide bonds. The van der Waals surface area contributed by atoms with Crippen molar-refractivity contribution in [1.29, 1.82) is 0 Å². The molecule has 0 heterocycles. The zero-order valence-electron chi connectivity index (χ0n) is 19.4. The SMILES string of the molecule is Cc1ccc([C@@H](C)NC(=O)c2ccc(C)c(S(=O)(=O)Nc3ccc(C)c(C)c3)c2)c(C)c1. The van der Waals surface area contributed by atoms with Gasteiger partial charge < -0.3 is 5.32 Å². The summed E-state index contributed by atoms with van der Waals surface area (Å²) in [7, 11) is -3.85. The summed E-state index contributed by atoms with van der Waals surface area (Å²) in [5.41, 5.74) is 6.73. The fourth-order valence-electron chi connectivity index (χ4n) is 3.72. The maximum atomic E-state index is 13.1. The molecule has 0 radical (unpaired) electrons. The molecule has 3 aromatic rings. The highest BCUT2D eigenvalue weighted by Gasteiger charge is 2.21. The molecule has 2 N–H and O–H groups in total. The van der Waals surface area contributed by atoms with Crippen molar-refractivity contribution in [3.63, 3.8) is 0 Å². The van der Waals surface area contributed by atoms with Gasteiger partial charge in [-0.1, -0.05) is 35.9 Å². The number of hydrogen-bond acceptors (Lipinski definition) is 3. The summed E-state index contributed by atoms with van der Waals surface area (Å²) in [4.78, 5) is 13.0. The van der Waals surface area contributed by atoms with Gasteiger partial charge in [-0.3, -0.25) is 9.52 Å². The van der Waals surface area contributed by atoms with Gasteiger partial charge in [0.05, 0.1) is 10.9 Å². The molecule has 0 aromatic heterocycles. The lowest BCUT2D eigenvalue weighted by Crippen LogP contribution is -2.27. The van der Waals surface area contributed by atoms with E-state index in [-0.39, 0.29) is 16.8 Å². The van der Waals surface area contributed by atoms with Crippen LogP contribution in [0.15, 0.2) is 59.5 Å². The number of benzene rings is 3. The van der Waals surface area contributed by atoms with E-state index in [1.54, 1.807) is 31.2 Å². The van der Waals surface area contributed by atoms with Crippen LogP contribution in [0.3, 0.4) is 0 Å². The van der Waals surface area contributed by atoms with Gasteiger partial charge in [0.15, 0.2) is 0 Å². The highest BCUT2D eigenvalue weighted by Crippen LogP contribution is 2.24. The number of sulfonamides is 1. The summed E-state index contributed by atoms with van der Waals surface area (Å²) in [6, 6.07) is 16.0. The largest absolute Gasteiger partial charge is 0.346 e. The Labute approximate surface area is 190 Å². The Morgan fingerprint density at radius 2 is 1.47 bits per heavy atom. The molecular formula is C26H30N2O3S. The van der Waals surface area contributed by atoms with Crippen molar-refractivity contribution in [2.45, 2.75) is 52.5 Å². The van der Waals surface area contributed by atoms with Gasteiger partial charge in [0, 0.05) is 11.3 Å². The second kappa shape index (κ2) is 9.17. The molecule has 0 saturated heterocycles. The summed E-state index contributed by atoms with van der Waals surface area (Å²) in [6.45, 7) is 11.6. The molecule has 0 spiro atoms. The Balaban J connectivity index is 1.85. The van der Waals surface area contributed by atoms with Crippen LogP contribution < -0.4 is 10.0 Å². The summed E-state index contributed by atoms with van der Waals surface area (Å²) < 4.78 is 28.8. The zero-order chi connectivity index (χ0) is 23.6. The first-order valence-corrected chi connectivity index (χ1v) is 12.0. The molecule has 32 heavy (non-hydrogen) atoms. The lowest BCUT2D eigenvalue weighted by Gasteiger charge is -2.18. The predicted octanol–water partition coefficient (Wildman–Crippen LogP) is 5.52. The second-order valence-electron chi connectivity index (χ2n) is 8.44. The van der Waals surface area contributed by atoms with E-state index in [4.69, 9.17) is 0 Å². The Bertz CT molecular complexity index is 1280. The highest BCUT2D eigenvalue weighted by atomic mass is 32.2. The van der Waals surface area contributed by atoms with E-state index in [2.05, 4.69) is 16.1 Å². The molecule has 0 aliphatic heterocycles. The minimum atomic E-state index is -3.85. The molecule has 0 bridgehead atoms. The smallest absolute Gasteiger partial charge is 0.262 e. The van der Waals surface area contributed by atoms with Crippen LogP contribution in [0, 0.1) is 34.6 Å². The summed E-state index contributed by atoms with van der Waals surface area (Å²) >= 11 is 0. The molecule has 0 saturated carbocycles. The minimum Gasteiger partial charge on any atom is -0.346 e. The van der Waals surface area contributed by atoms with Gasteiger partial charge in [0.2, 0.25) is 0 Å². The number of hydrogen-bond donors (Lipinski definition) is 2. The molecule has 6 heteroatoms. The molecule has 0 aliphatic carbocycles. The van der Waals surface area contributed by atoms with E-state index >= 15 is 0 Å². The molecular weight excluding hydrogens is 420 g/mol. The first-order valence-electron chi connectivity index (χ1n) is 10.6. The first-order chi connectivity index (χ1) is 15.0. The fraction of sp³-hybridized carbons (Fsp3) is 0.269. The Morgan fingerprint density at radius 3 is 2.12 bits per heavy atom. The van der Waals surface area contributed by atoms with Gasteiger partial charge in [0.25, 0.3) is 15.9 Å². The molecule has 0 aliphatic rings. The average molecular weight is 451 g/mol. The van der Waals surface area contributed by atoms with Crippen LogP contribution in [0.5, 0.6) is 0 Å². The van der Waals surface area contributed by atoms with Gasteiger partial charge >= 0.3 is 0 Å². The number of anilines is 1. The van der Waals surface area contributed by atoms with E-state index in [9.17, 15) is 13.2 Å². The van der Waals surface area contributed by atoms with Crippen LogP contribution in [0.1, 0.15) is 56.7 Å². The number of rotatable bonds is 6. The van der Waals surface area contributed by atoms with E-state index in [0.717, 1.165) is 27.8 Å². The van der Waals surface area contributed by atoms with Crippen LogP contribution in [-0.4, -0.2) is 14.3 Å². The number of amides is 1. The van der Waals surface area contributed by atoms with Crippen molar-refractivity contribution >= 4 is 21.6 Å². The number of nitrogens with one attached hydrogen (secondary N) is 2. The van der Waals surface area contributed by atoms with Gasteiger partial charge in [-0.15, -0.1) is 0 Å². The van der Waals surface area contributed by atoms with E-state index < -0.39 is 10.0 Å². The van der Waals surface area contributed by atoms with Crippen LogP contribution in [-0.2, 0) is 10.0 Å². The van der Waals surface area contributed by atoms with E-state index in [1.807, 2.05) is 52.8 Å². The Kier molecular flexibility index (Phi) is 6.74. The summed E-state index contributed by atoms with van der Waals surface area (Å²) in [6.07, 6.45) is 0. The van der Waals surface area contributed by atoms with E-state index in [1.165, 1.54) is 6.07 Å². The molecule has 3 rings (SSSR count). The average Bonchev–Trinajstić information content (AvgIpc) is 2.70. The van der Waals surface area contributed by atoms with Crippen molar-refractivity contribution < 1.29 is 13.2 Å². The van der Waals surface area contributed by atoms with Crippen molar-refractivity contribution in [1.82, 2.24) is 5.32 Å². The van der Waals surface area contributed by atoms with Crippen LogP contribution in [0.2, 0.25) is 0 Å². The van der Waals surface area contributed by atoms with Gasteiger partial charge in [-0.05, 0) is 93.6 Å². The zero-order valence-corrected chi connectivity index (χ0v) is 20.2. The third kappa shape index (κ3) is 5.19. The number of aryl methyl sites for hydroxylation is 5. The molecule has 1 atom stereocenters. The second-order valence-corrected chi connectivity index (χ2v) is 10.1. The number of carbonyl (C=O) groups is 1. The first kappa shape index (κ1) is 23.5. The lowest BCUT2D eigenvalue weighted by molar-refractivity contribution is 0.0939. The van der Waals surface area contributed by atoms with Crippen molar-refractivity contribution in [2.75, 3.05) is 4.72 Å². The van der Waals surface area contributed by atoms with Gasteiger partial charge in [-0.25, -0.2) is 8.42 Å². The van der Waals surface area contributed by atoms with Crippen LogP contribution >= 0.6 is 0 Å². The normalized spacial score (nSPS) is 12.3. The predicted molar refractivity (Wildman–Crippen MR) is 130 cm³/mol. The fourth-order valence-corrected chi connectivity index (χ4v) is 5.04. The van der Waals surface area contributed by atoms with Crippen molar-refractivity contribution in [2.24, 2.45) is 0 Å². The van der Waals surface area contributed by atoms with Crippen molar-refractivity contribution in [3.05, 3.63) is 93.5 Å². The maximum absolute atomic E-state index is 13.1. The van der Waals surface area contributed by atoms with Crippen LogP contribution in [0.4, 0.5) is 5.69 Å². The van der Waals surface area contributed by atoms with Gasteiger partial charge in [0.1, 0.15) is 0 Å². The maximum Gasteiger partial charge on any atom is 0.262 e. The van der Waals surface area contributed by atoms with Gasteiger partial charge in [-0.2, -0.15) is 0 Å². The number of carbonyl (C=O) groups excluding carboxylic acids is 1. The highest BCUT2D eigenvalue weighted by molar-refractivity contribution is 7.92. The quantitative estimate of drug-likeness (QED) is 0.519. The minimum absolute atomic E-state index is 0.0857. The molecule has 5 nitrogen and oxygen atoms in total. The standard InChI is InChI=1S/C26H30N2O3S/c1-16-7-12-24(20(5)13-16)21(6)27-26(29)22-10-8-18(3)25(15-22)32(30,31)28-23-11-9-17(2)19(4)14-23/h7-15,21,28H,1-6H3,(H,27,29)/t21-/m1/s1. The van der Waals surface area contributed by atoms with E-state index in [0.29, 0.717) is 16.8 Å². The molecule has 0 unspecified atom stereocenters. The van der Waals surface area contributed by atoms with Crippen LogP contribution in [0.25, 0.3) is 0 Å². The molecule has 168 valence electrons. The Hall–Kier alpha value is -3.12. The topological polar surface area (TPSA) is 75.3 Å². The monoisotopic (exact) mass is 450 g/mol. The van der Waals surface area contributed by atoms with Crippen molar-refractivity contribution in [3.8, 4) is 0 Å².